The Morgan fingerprint density at radius 2 is 1.97 bits per heavy atom. The number of fused-ring (bicyclic) bond motifs is 2. The molecule has 2 atom stereocenters. The molecule has 2 aromatic rings. The Labute approximate surface area is 182 Å². The Kier molecular flexibility index (Phi) is 5.94. The number of benzene rings is 1. The van der Waals surface area contributed by atoms with Gasteiger partial charge in [0.05, 0.1) is 17.1 Å². The van der Waals surface area contributed by atoms with E-state index in [2.05, 4.69) is 15.1 Å². The first kappa shape index (κ1) is 21.6. The monoisotopic (exact) mass is 448 g/mol. The molecule has 168 valence electrons. The van der Waals surface area contributed by atoms with Crippen LogP contribution in [0.3, 0.4) is 0 Å². The minimum atomic E-state index is -3.94. The summed E-state index contributed by atoms with van der Waals surface area (Å²) < 4.78 is 41.4. The molecule has 10 heteroatoms. The number of aromatic nitrogens is 2. The van der Waals surface area contributed by atoms with Crippen LogP contribution in [0.5, 0.6) is 11.5 Å². The van der Waals surface area contributed by atoms with Crippen molar-refractivity contribution < 1.29 is 22.7 Å². The highest BCUT2D eigenvalue weighted by Crippen LogP contribution is 2.32. The number of carbonyl (C=O) groups is 1. The standard InChI is InChI=1S/C21H28N4O5S/c1-13(2)20(21(26)23-16-5-4-6-17-15(16)12-22-25(17)3)24-31(27,28)14-7-8-18-19(11-14)30-10-9-29-18/h7-8,11-13,16,20,24H,4-6,9-10H2,1-3H3,(H,23,26)/t16-,20-/m1/s1. The lowest BCUT2D eigenvalue weighted by atomic mass is 9.92. The molecule has 0 fully saturated rings. The van der Waals surface area contributed by atoms with Gasteiger partial charge in [-0.2, -0.15) is 9.82 Å². The van der Waals surface area contributed by atoms with Crippen LogP contribution in [0.4, 0.5) is 0 Å². The molecule has 1 aromatic heterocycles. The van der Waals surface area contributed by atoms with Gasteiger partial charge in [0.1, 0.15) is 19.3 Å². The molecular formula is C21H28N4O5S. The SMILES string of the molecule is CC(C)[C@@H](NS(=O)(=O)c1ccc2c(c1)OCCO2)C(=O)N[C@@H]1CCCc2c1cnn2C. The molecule has 0 saturated carbocycles. The molecule has 1 amide bonds. The quantitative estimate of drug-likeness (QED) is 0.696. The van der Waals surface area contributed by atoms with Gasteiger partial charge < -0.3 is 14.8 Å². The van der Waals surface area contributed by atoms with E-state index in [4.69, 9.17) is 9.47 Å². The Morgan fingerprint density at radius 3 is 2.71 bits per heavy atom. The molecule has 0 radical (unpaired) electrons. The second kappa shape index (κ2) is 8.51. The summed E-state index contributed by atoms with van der Waals surface area (Å²) in [7, 11) is -2.05. The molecule has 0 bridgehead atoms. The van der Waals surface area contributed by atoms with E-state index in [9.17, 15) is 13.2 Å². The Balaban J connectivity index is 1.52. The van der Waals surface area contributed by atoms with Crippen molar-refractivity contribution in [2.75, 3.05) is 13.2 Å². The third-order valence-corrected chi connectivity index (χ3v) is 7.19. The van der Waals surface area contributed by atoms with Crippen molar-refractivity contribution in [3.63, 3.8) is 0 Å². The van der Waals surface area contributed by atoms with Gasteiger partial charge in [0.2, 0.25) is 15.9 Å². The minimum absolute atomic E-state index is 0.0300. The van der Waals surface area contributed by atoms with E-state index in [1.807, 2.05) is 25.6 Å². The molecule has 0 saturated heterocycles. The van der Waals surface area contributed by atoms with E-state index >= 15 is 0 Å². The molecule has 4 rings (SSSR count). The van der Waals surface area contributed by atoms with Gasteiger partial charge in [-0.15, -0.1) is 0 Å². The predicted molar refractivity (Wildman–Crippen MR) is 113 cm³/mol. The number of rotatable bonds is 6. The van der Waals surface area contributed by atoms with Gasteiger partial charge in [-0.25, -0.2) is 8.42 Å². The smallest absolute Gasteiger partial charge is 0.241 e. The molecule has 31 heavy (non-hydrogen) atoms. The van der Waals surface area contributed by atoms with E-state index in [1.54, 1.807) is 12.3 Å². The van der Waals surface area contributed by atoms with E-state index < -0.39 is 16.1 Å². The first-order valence-electron chi connectivity index (χ1n) is 10.5. The zero-order chi connectivity index (χ0) is 22.2. The summed E-state index contributed by atoms with van der Waals surface area (Å²) in [4.78, 5) is 13.1. The van der Waals surface area contributed by atoms with Gasteiger partial charge in [0.15, 0.2) is 11.5 Å². The topological polar surface area (TPSA) is 112 Å². The summed E-state index contributed by atoms with van der Waals surface area (Å²) in [5, 5.41) is 7.33. The van der Waals surface area contributed by atoms with Crippen molar-refractivity contribution >= 4 is 15.9 Å². The van der Waals surface area contributed by atoms with Crippen LogP contribution in [0.1, 0.15) is 44.0 Å². The molecule has 2 heterocycles. The van der Waals surface area contributed by atoms with Crippen LogP contribution in [0.2, 0.25) is 0 Å². The van der Waals surface area contributed by atoms with Gasteiger partial charge in [-0.1, -0.05) is 13.8 Å². The number of nitrogens with one attached hydrogen (secondary N) is 2. The van der Waals surface area contributed by atoms with E-state index in [0.717, 1.165) is 30.5 Å². The van der Waals surface area contributed by atoms with Crippen LogP contribution in [0.25, 0.3) is 0 Å². The van der Waals surface area contributed by atoms with Crippen LogP contribution in [0, 0.1) is 5.92 Å². The lowest BCUT2D eigenvalue weighted by molar-refractivity contribution is -0.124. The van der Waals surface area contributed by atoms with Crippen LogP contribution < -0.4 is 19.5 Å². The van der Waals surface area contributed by atoms with Crippen LogP contribution in [-0.2, 0) is 28.3 Å². The first-order chi connectivity index (χ1) is 14.8. The van der Waals surface area contributed by atoms with Gasteiger partial charge in [-0.3, -0.25) is 9.48 Å². The largest absolute Gasteiger partial charge is 0.486 e. The number of hydrogen-bond acceptors (Lipinski definition) is 6. The second-order valence-corrected chi connectivity index (χ2v) is 9.99. The number of amides is 1. The second-order valence-electron chi connectivity index (χ2n) is 8.27. The summed E-state index contributed by atoms with van der Waals surface area (Å²) in [5.41, 5.74) is 2.11. The van der Waals surface area contributed by atoms with Gasteiger partial charge in [0.25, 0.3) is 0 Å². The molecule has 1 aromatic carbocycles. The van der Waals surface area contributed by atoms with Crippen molar-refractivity contribution in [3.05, 3.63) is 35.7 Å². The summed E-state index contributed by atoms with van der Waals surface area (Å²) in [5.74, 6) is 0.292. The molecule has 0 unspecified atom stereocenters. The van der Waals surface area contributed by atoms with Crippen molar-refractivity contribution in [3.8, 4) is 11.5 Å². The van der Waals surface area contributed by atoms with E-state index in [-0.39, 0.29) is 22.8 Å². The number of nitrogens with zero attached hydrogens (tertiary/aromatic N) is 2. The number of hydrogen-bond donors (Lipinski definition) is 2. The minimum Gasteiger partial charge on any atom is -0.486 e. The molecular weight excluding hydrogens is 420 g/mol. The molecule has 9 nitrogen and oxygen atoms in total. The maximum absolute atomic E-state index is 13.1. The van der Waals surface area contributed by atoms with E-state index in [1.165, 1.54) is 12.1 Å². The van der Waals surface area contributed by atoms with Crippen molar-refractivity contribution in [1.29, 1.82) is 0 Å². The predicted octanol–water partition coefficient (Wildman–Crippen LogP) is 1.69. The highest BCUT2D eigenvalue weighted by molar-refractivity contribution is 7.89. The van der Waals surface area contributed by atoms with Crippen molar-refractivity contribution in [1.82, 2.24) is 19.8 Å². The highest BCUT2D eigenvalue weighted by atomic mass is 32.2. The van der Waals surface area contributed by atoms with Crippen molar-refractivity contribution in [2.24, 2.45) is 13.0 Å². The third-order valence-electron chi connectivity index (χ3n) is 5.75. The average Bonchev–Trinajstić information content (AvgIpc) is 3.13. The number of ether oxygens (including phenoxy) is 2. The third kappa shape index (κ3) is 4.40. The maximum atomic E-state index is 13.1. The number of carbonyl (C=O) groups excluding carboxylic acids is 1. The molecule has 1 aliphatic heterocycles. The Bertz CT molecular complexity index is 1080. The van der Waals surface area contributed by atoms with Crippen LogP contribution in [0.15, 0.2) is 29.3 Å². The Morgan fingerprint density at radius 1 is 1.23 bits per heavy atom. The number of aryl methyl sites for hydroxylation is 1. The molecule has 1 aliphatic carbocycles. The first-order valence-corrected chi connectivity index (χ1v) is 12.0. The summed E-state index contributed by atoms with van der Waals surface area (Å²) in [6, 6.07) is 3.35. The van der Waals surface area contributed by atoms with Crippen LogP contribution >= 0.6 is 0 Å². The number of sulfonamides is 1. The van der Waals surface area contributed by atoms with Gasteiger partial charge in [-0.05, 0) is 37.3 Å². The fraction of sp³-hybridized carbons (Fsp3) is 0.524. The molecule has 2 N–H and O–H groups in total. The average molecular weight is 449 g/mol. The highest BCUT2D eigenvalue weighted by Gasteiger charge is 2.32. The summed E-state index contributed by atoms with van der Waals surface area (Å²) >= 11 is 0. The summed E-state index contributed by atoms with van der Waals surface area (Å²) in [6.07, 6.45) is 4.43. The normalized spacial score (nSPS) is 19.0. The zero-order valence-corrected chi connectivity index (χ0v) is 18.7. The maximum Gasteiger partial charge on any atom is 0.241 e. The fourth-order valence-electron chi connectivity index (χ4n) is 4.04. The lowest BCUT2D eigenvalue weighted by Crippen LogP contribution is -2.50. The van der Waals surface area contributed by atoms with Gasteiger partial charge >= 0.3 is 0 Å². The fourth-order valence-corrected chi connectivity index (χ4v) is 5.39. The summed E-state index contributed by atoms with van der Waals surface area (Å²) in [6.45, 7) is 4.41. The molecule has 0 spiro atoms. The van der Waals surface area contributed by atoms with Gasteiger partial charge in [0, 0.05) is 24.4 Å². The van der Waals surface area contributed by atoms with E-state index in [0.29, 0.717) is 24.7 Å². The zero-order valence-electron chi connectivity index (χ0n) is 17.9. The Hall–Kier alpha value is -2.59. The van der Waals surface area contributed by atoms with Crippen molar-refractivity contribution in [2.45, 2.75) is 50.1 Å². The molecule has 2 aliphatic rings. The van der Waals surface area contributed by atoms with Crippen LogP contribution in [-0.4, -0.2) is 43.4 Å². The lowest BCUT2D eigenvalue weighted by Gasteiger charge is -2.28.